The Morgan fingerprint density at radius 1 is 1.44 bits per heavy atom. The zero-order valence-electron chi connectivity index (χ0n) is 8.42. The van der Waals surface area contributed by atoms with Gasteiger partial charge in [-0.2, -0.15) is 0 Å². The van der Waals surface area contributed by atoms with Crippen molar-refractivity contribution >= 4 is 50.3 Å². The van der Waals surface area contributed by atoms with Crippen molar-refractivity contribution in [2.24, 2.45) is 0 Å². The van der Waals surface area contributed by atoms with Crippen molar-refractivity contribution in [3.8, 4) is 0 Å². The summed E-state index contributed by atoms with van der Waals surface area (Å²) in [5.74, 6) is 0.861. The molecule has 0 aliphatic carbocycles. The van der Waals surface area contributed by atoms with E-state index >= 15 is 0 Å². The third kappa shape index (κ3) is 2.29. The molecule has 1 aromatic heterocycles. The lowest BCUT2D eigenvalue weighted by molar-refractivity contribution is 0.498. The second-order valence-corrected chi connectivity index (χ2v) is 5.69. The second-order valence-electron chi connectivity index (χ2n) is 3.13. The van der Waals surface area contributed by atoms with Crippen LogP contribution >= 0.6 is 39.3 Å². The zero-order valence-corrected chi connectivity index (χ0v) is 11.6. The summed E-state index contributed by atoms with van der Waals surface area (Å²) in [5.41, 5.74) is 0.480. The molecule has 2 nitrogen and oxygen atoms in total. The number of hydrogen-bond donors (Lipinski definition) is 0. The number of thioether (sulfide) groups is 1. The Kier molecular flexibility index (Phi) is 3.62. The van der Waals surface area contributed by atoms with Crippen molar-refractivity contribution in [1.82, 2.24) is 0 Å². The van der Waals surface area contributed by atoms with Crippen molar-refractivity contribution in [3.05, 3.63) is 37.9 Å². The molecule has 0 fully saturated rings. The fourth-order valence-electron chi connectivity index (χ4n) is 1.38. The number of halogens is 2. The van der Waals surface area contributed by atoms with Crippen molar-refractivity contribution in [1.29, 1.82) is 0 Å². The summed E-state index contributed by atoms with van der Waals surface area (Å²) >= 11 is 10.7. The van der Waals surface area contributed by atoms with Crippen LogP contribution in [0.4, 0.5) is 0 Å². The van der Waals surface area contributed by atoms with Gasteiger partial charge in [0.1, 0.15) is 0 Å². The first kappa shape index (κ1) is 12.0. The minimum Gasteiger partial charge on any atom is -0.448 e. The van der Waals surface area contributed by atoms with Crippen LogP contribution in [0.3, 0.4) is 0 Å². The average molecular weight is 320 g/mol. The van der Waals surface area contributed by atoms with Crippen LogP contribution in [0.15, 0.2) is 37.0 Å². The Balaban J connectivity index is 2.77. The molecule has 0 saturated carbocycles. The van der Waals surface area contributed by atoms with Gasteiger partial charge in [0.05, 0.1) is 9.86 Å². The van der Waals surface area contributed by atoms with E-state index in [4.69, 9.17) is 16.0 Å². The van der Waals surface area contributed by atoms with Gasteiger partial charge in [-0.25, -0.2) is 0 Å². The number of benzene rings is 1. The lowest BCUT2D eigenvalue weighted by Crippen LogP contribution is -2.00. The SMILES string of the molecule is CCSc1cc(=O)c2cc(Cl)cc(Br)c2o1. The molecular weight excluding hydrogens is 312 g/mol. The molecule has 0 bridgehead atoms. The first-order chi connectivity index (χ1) is 7.61. The normalized spacial score (nSPS) is 10.9. The number of fused-ring (bicyclic) bond motifs is 1. The van der Waals surface area contributed by atoms with Crippen LogP contribution in [0, 0.1) is 0 Å². The molecule has 0 aliphatic rings. The van der Waals surface area contributed by atoms with E-state index in [1.807, 2.05) is 6.92 Å². The summed E-state index contributed by atoms with van der Waals surface area (Å²) in [6.45, 7) is 2.01. The molecule has 0 aliphatic heterocycles. The highest BCUT2D eigenvalue weighted by Crippen LogP contribution is 2.29. The Morgan fingerprint density at radius 3 is 2.88 bits per heavy atom. The van der Waals surface area contributed by atoms with Crippen LogP contribution in [0.5, 0.6) is 0 Å². The van der Waals surface area contributed by atoms with E-state index in [0.29, 0.717) is 25.6 Å². The average Bonchev–Trinajstić information content (AvgIpc) is 2.20. The molecule has 16 heavy (non-hydrogen) atoms. The molecule has 0 amide bonds. The van der Waals surface area contributed by atoms with Gasteiger partial charge >= 0.3 is 0 Å². The minimum absolute atomic E-state index is 0.0691. The van der Waals surface area contributed by atoms with Gasteiger partial charge in [0.2, 0.25) is 0 Å². The van der Waals surface area contributed by atoms with Gasteiger partial charge in [-0.1, -0.05) is 30.3 Å². The smallest absolute Gasteiger partial charge is 0.193 e. The summed E-state index contributed by atoms with van der Waals surface area (Å²) in [6, 6.07) is 4.83. The fourth-order valence-corrected chi connectivity index (χ4v) is 2.88. The first-order valence-corrected chi connectivity index (χ1v) is 6.83. The van der Waals surface area contributed by atoms with Crippen LogP contribution in [0.1, 0.15) is 6.92 Å². The van der Waals surface area contributed by atoms with E-state index in [1.54, 1.807) is 12.1 Å². The number of hydrogen-bond acceptors (Lipinski definition) is 3. The van der Waals surface area contributed by atoms with E-state index in [0.717, 1.165) is 5.75 Å². The van der Waals surface area contributed by atoms with Crippen LogP contribution in [0.25, 0.3) is 11.0 Å². The fraction of sp³-hybridized carbons (Fsp3) is 0.182. The van der Waals surface area contributed by atoms with Crippen molar-refractivity contribution in [3.63, 3.8) is 0 Å². The topological polar surface area (TPSA) is 30.2 Å². The largest absolute Gasteiger partial charge is 0.448 e. The predicted octanol–water partition coefficient (Wildman–Crippen LogP) is 4.32. The second kappa shape index (κ2) is 4.82. The summed E-state index contributed by atoms with van der Waals surface area (Å²) in [5, 5.41) is 1.64. The first-order valence-electron chi connectivity index (χ1n) is 4.67. The van der Waals surface area contributed by atoms with Crippen LogP contribution in [-0.4, -0.2) is 5.75 Å². The summed E-state index contributed by atoms with van der Waals surface area (Å²) < 4.78 is 6.33. The third-order valence-corrected chi connectivity index (χ3v) is 3.59. The van der Waals surface area contributed by atoms with Gasteiger partial charge in [-0.3, -0.25) is 4.79 Å². The molecule has 2 aromatic rings. The predicted molar refractivity (Wildman–Crippen MR) is 71.6 cm³/mol. The van der Waals surface area contributed by atoms with Crippen LogP contribution in [0.2, 0.25) is 5.02 Å². The highest BCUT2D eigenvalue weighted by Gasteiger charge is 2.09. The summed E-state index contributed by atoms with van der Waals surface area (Å²) in [4.78, 5) is 11.8. The monoisotopic (exact) mass is 318 g/mol. The van der Waals surface area contributed by atoms with Crippen molar-refractivity contribution in [2.75, 3.05) is 5.75 Å². The lowest BCUT2D eigenvalue weighted by Gasteiger charge is -2.03. The summed E-state index contributed by atoms with van der Waals surface area (Å²) in [7, 11) is 0. The van der Waals surface area contributed by atoms with Gasteiger partial charge < -0.3 is 4.42 Å². The van der Waals surface area contributed by atoms with E-state index in [-0.39, 0.29) is 5.43 Å². The molecule has 0 radical (unpaired) electrons. The standard InChI is InChI=1S/C11H8BrClO2S/c1-2-16-10-5-9(14)7-3-6(13)4-8(12)11(7)15-10/h3-5H,2H2,1H3. The Labute approximate surface area is 110 Å². The molecule has 0 N–H and O–H groups in total. The van der Waals surface area contributed by atoms with E-state index < -0.39 is 0 Å². The minimum atomic E-state index is -0.0691. The highest BCUT2D eigenvalue weighted by molar-refractivity contribution is 9.10. The molecule has 84 valence electrons. The van der Waals surface area contributed by atoms with Crippen LogP contribution in [-0.2, 0) is 0 Å². The summed E-state index contributed by atoms with van der Waals surface area (Å²) in [6.07, 6.45) is 0. The Hall–Kier alpha value is -0.450. The molecule has 1 aromatic carbocycles. The maximum atomic E-state index is 11.8. The molecule has 2 rings (SSSR count). The van der Waals surface area contributed by atoms with Crippen molar-refractivity contribution < 1.29 is 4.42 Å². The third-order valence-electron chi connectivity index (χ3n) is 2.01. The highest BCUT2D eigenvalue weighted by atomic mass is 79.9. The maximum absolute atomic E-state index is 11.8. The Morgan fingerprint density at radius 2 is 2.19 bits per heavy atom. The van der Waals surface area contributed by atoms with E-state index in [1.165, 1.54) is 17.8 Å². The molecular formula is C11H8BrClO2S. The van der Waals surface area contributed by atoms with E-state index in [9.17, 15) is 4.79 Å². The van der Waals surface area contributed by atoms with E-state index in [2.05, 4.69) is 15.9 Å². The molecule has 0 spiro atoms. The van der Waals surface area contributed by atoms with Gasteiger partial charge in [0, 0.05) is 11.1 Å². The molecule has 0 saturated heterocycles. The zero-order chi connectivity index (χ0) is 11.7. The Bertz CT molecular complexity index is 594. The maximum Gasteiger partial charge on any atom is 0.193 e. The van der Waals surface area contributed by atoms with Gasteiger partial charge in [0.25, 0.3) is 0 Å². The number of rotatable bonds is 2. The lowest BCUT2D eigenvalue weighted by atomic mass is 10.2. The van der Waals surface area contributed by atoms with Crippen LogP contribution < -0.4 is 5.43 Å². The van der Waals surface area contributed by atoms with Crippen molar-refractivity contribution in [2.45, 2.75) is 12.0 Å². The molecule has 5 heteroatoms. The molecule has 0 unspecified atom stereocenters. The van der Waals surface area contributed by atoms with Gasteiger partial charge in [-0.05, 0) is 33.8 Å². The van der Waals surface area contributed by atoms with Gasteiger partial charge in [0.15, 0.2) is 16.1 Å². The molecule has 1 heterocycles. The molecule has 0 atom stereocenters. The quantitative estimate of drug-likeness (QED) is 0.772. The van der Waals surface area contributed by atoms with Gasteiger partial charge in [-0.15, -0.1) is 0 Å².